The predicted molar refractivity (Wildman–Crippen MR) is 59.6 cm³/mol. The molecule has 0 unspecified atom stereocenters. The fourth-order valence-corrected chi connectivity index (χ4v) is 1.20. The first-order chi connectivity index (χ1) is 7.27. The smallest absolute Gasteiger partial charge is 0.219 e. The zero-order chi connectivity index (χ0) is 10.7. The molecule has 0 aliphatic carbocycles. The van der Waals surface area contributed by atoms with Crippen molar-refractivity contribution in [2.45, 2.75) is 0 Å². The highest BCUT2D eigenvalue weighted by Gasteiger charge is 2.05. The van der Waals surface area contributed by atoms with Crippen LogP contribution in [0.5, 0.6) is 11.6 Å². The number of nitrogens with zero attached hydrogens (tertiary/aromatic N) is 1. The SMILES string of the molecule is Nc1cccc(N)c1Oc1ccccn1. The summed E-state index contributed by atoms with van der Waals surface area (Å²) >= 11 is 0. The maximum Gasteiger partial charge on any atom is 0.219 e. The van der Waals surface area contributed by atoms with E-state index in [2.05, 4.69) is 4.98 Å². The lowest BCUT2D eigenvalue weighted by atomic mass is 10.2. The van der Waals surface area contributed by atoms with Crippen molar-refractivity contribution in [2.24, 2.45) is 0 Å². The van der Waals surface area contributed by atoms with Gasteiger partial charge in [-0.2, -0.15) is 0 Å². The molecule has 0 aliphatic rings. The van der Waals surface area contributed by atoms with Gasteiger partial charge in [0.2, 0.25) is 5.88 Å². The van der Waals surface area contributed by atoms with E-state index in [1.54, 1.807) is 30.5 Å². The second-order valence-electron chi connectivity index (χ2n) is 3.04. The van der Waals surface area contributed by atoms with Crippen molar-refractivity contribution in [3.63, 3.8) is 0 Å². The van der Waals surface area contributed by atoms with Gasteiger partial charge < -0.3 is 16.2 Å². The van der Waals surface area contributed by atoms with Crippen LogP contribution in [0.1, 0.15) is 0 Å². The first-order valence-electron chi connectivity index (χ1n) is 4.50. The molecule has 2 rings (SSSR count). The number of pyridine rings is 1. The molecule has 1 aromatic carbocycles. The molecule has 0 radical (unpaired) electrons. The highest BCUT2D eigenvalue weighted by Crippen LogP contribution is 2.31. The van der Waals surface area contributed by atoms with Crippen molar-refractivity contribution in [3.8, 4) is 11.6 Å². The van der Waals surface area contributed by atoms with E-state index in [1.165, 1.54) is 0 Å². The van der Waals surface area contributed by atoms with Gasteiger partial charge in [0.25, 0.3) is 0 Å². The summed E-state index contributed by atoms with van der Waals surface area (Å²) in [4.78, 5) is 4.02. The van der Waals surface area contributed by atoms with E-state index < -0.39 is 0 Å². The monoisotopic (exact) mass is 201 g/mol. The van der Waals surface area contributed by atoms with Crippen LogP contribution in [0.2, 0.25) is 0 Å². The molecular formula is C11H11N3O. The number of hydrogen-bond acceptors (Lipinski definition) is 4. The van der Waals surface area contributed by atoms with E-state index in [9.17, 15) is 0 Å². The lowest BCUT2D eigenvalue weighted by molar-refractivity contribution is 0.467. The Kier molecular flexibility index (Phi) is 2.41. The van der Waals surface area contributed by atoms with Crippen LogP contribution in [0.25, 0.3) is 0 Å². The summed E-state index contributed by atoms with van der Waals surface area (Å²) in [5.74, 6) is 0.929. The molecular weight excluding hydrogens is 190 g/mol. The highest BCUT2D eigenvalue weighted by atomic mass is 16.5. The van der Waals surface area contributed by atoms with Crippen LogP contribution in [0, 0.1) is 0 Å². The van der Waals surface area contributed by atoms with Crippen LogP contribution in [0.4, 0.5) is 11.4 Å². The molecule has 0 fully saturated rings. The largest absolute Gasteiger partial charge is 0.435 e. The minimum absolute atomic E-state index is 0.455. The average Bonchev–Trinajstić information content (AvgIpc) is 2.25. The third-order valence-corrected chi connectivity index (χ3v) is 1.92. The fourth-order valence-electron chi connectivity index (χ4n) is 1.20. The van der Waals surface area contributed by atoms with Gasteiger partial charge in [-0.25, -0.2) is 4.98 Å². The van der Waals surface area contributed by atoms with Gasteiger partial charge in [-0.05, 0) is 18.2 Å². The minimum Gasteiger partial charge on any atom is -0.435 e. The molecule has 1 heterocycles. The van der Waals surface area contributed by atoms with Crippen molar-refractivity contribution in [2.75, 3.05) is 11.5 Å². The number of nitrogens with two attached hydrogens (primary N) is 2. The van der Waals surface area contributed by atoms with E-state index in [0.29, 0.717) is 23.0 Å². The molecule has 0 atom stereocenters. The molecule has 0 saturated carbocycles. The van der Waals surface area contributed by atoms with Gasteiger partial charge in [0.1, 0.15) is 0 Å². The fraction of sp³-hybridized carbons (Fsp3) is 0. The van der Waals surface area contributed by atoms with Crippen molar-refractivity contribution >= 4 is 11.4 Å². The Hall–Kier alpha value is -2.23. The third-order valence-electron chi connectivity index (χ3n) is 1.92. The Morgan fingerprint density at radius 3 is 2.27 bits per heavy atom. The third kappa shape index (κ3) is 1.99. The molecule has 2 aromatic rings. The summed E-state index contributed by atoms with van der Waals surface area (Å²) in [6.07, 6.45) is 1.64. The predicted octanol–water partition coefficient (Wildman–Crippen LogP) is 2.04. The number of nitrogen functional groups attached to an aromatic ring is 2. The molecule has 0 spiro atoms. The van der Waals surface area contributed by atoms with Crippen molar-refractivity contribution < 1.29 is 4.74 Å². The number of hydrogen-bond donors (Lipinski definition) is 2. The first kappa shape index (κ1) is 9.33. The van der Waals surface area contributed by atoms with Gasteiger partial charge >= 0.3 is 0 Å². The van der Waals surface area contributed by atoms with Gasteiger partial charge in [-0.1, -0.05) is 12.1 Å². The van der Waals surface area contributed by atoms with E-state index in [1.807, 2.05) is 12.1 Å². The Morgan fingerprint density at radius 2 is 1.67 bits per heavy atom. The molecule has 4 N–H and O–H groups in total. The first-order valence-corrected chi connectivity index (χ1v) is 4.50. The average molecular weight is 201 g/mol. The summed E-state index contributed by atoms with van der Waals surface area (Å²) in [5.41, 5.74) is 12.5. The Morgan fingerprint density at radius 1 is 0.933 bits per heavy atom. The normalized spacial score (nSPS) is 9.87. The van der Waals surface area contributed by atoms with Crippen LogP contribution in [-0.4, -0.2) is 4.98 Å². The van der Waals surface area contributed by atoms with Crippen LogP contribution >= 0.6 is 0 Å². The van der Waals surface area contributed by atoms with Crippen molar-refractivity contribution in [3.05, 3.63) is 42.6 Å². The zero-order valence-electron chi connectivity index (χ0n) is 8.05. The molecule has 0 amide bonds. The number of anilines is 2. The van der Waals surface area contributed by atoms with E-state index in [4.69, 9.17) is 16.2 Å². The number of aromatic nitrogens is 1. The van der Waals surface area contributed by atoms with Gasteiger partial charge in [0.15, 0.2) is 5.75 Å². The highest BCUT2D eigenvalue weighted by molar-refractivity contribution is 5.67. The van der Waals surface area contributed by atoms with E-state index in [0.717, 1.165) is 0 Å². The number of ether oxygens (including phenoxy) is 1. The summed E-state index contributed by atoms with van der Waals surface area (Å²) in [6.45, 7) is 0. The molecule has 15 heavy (non-hydrogen) atoms. The van der Waals surface area contributed by atoms with E-state index in [-0.39, 0.29) is 0 Å². The lowest BCUT2D eigenvalue weighted by Crippen LogP contribution is -1.97. The van der Waals surface area contributed by atoms with E-state index >= 15 is 0 Å². The molecule has 0 bridgehead atoms. The summed E-state index contributed by atoms with van der Waals surface area (Å²) in [6, 6.07) is 10.6. The minimum atomic E-state index is 0.455. The second-order valence-corrected chi connectivity index (χ2v) is 3.04. The lowest BCUT2D eigenvalue weighted by Gasteiger charge is -2.09. The van der Waals surface area contributed by atoms with Crippen molar-refractivity contribution in [1.82, 2.24) is 4.98 Å². The molecule has 4 nitrogen and oxygen atoms in total. The van der Waals surface area contributed by atoms with Gasteiger partial charge in [0.05, 0.1) is 11.4 Å². The summed E-state index contributed by atoms with van der Waals surface area (Å²) < 4.78 is 5.48. The number of rotatable bonds is 2. The Balaban J connectivity index is 2.32. The number of para-hydroxylation sites is 1. The van der Waals surface area contributed by atoms with Crippen LogP contribution in [0.3, 0.4) is 0 Å². The quantitative estimate of drug-likeness (QED) is 0.729. The molecule has 0 saturated heterocycles. The molecule has 0 aliphatic heterocycles. The second kappa shape index (κ2) is 3.88. The molecule has 76 valence electrons. The van der Waals surface area contributed by atoms with Crippen molar-refractivity contribution in [1.29, 1.82) is 0 Å². The van der Waals surface area contributed by atoms with Gasteiger partial charge in [-0.3, -0.25) is 0 Å². The van der Waals surface area contributed by atoms with Crippen LogP contribution < -0.4 is 16.2 Å². The van der Waals surface area contributed by atoms with Crippen LogP contribution in [-0.2, 0) is 0 Å². The Labute approximate surface area is 87.5 Å². The maximum atomic E-state index is 5.74. The van der Waals surface area contributed by atoms with Gasteiger partial charge in [0, 0.05) is 12.3 Å². The summed E-state index contributed by atoms with van der Waals surface area (Å²) in [7, 11) is 0. The Bertz CT molecular complexity index is 436. The standard InChI is InChI=1S/C11H11N3O/c12-8-4-3-5-9(13)11(8)15-10-6-1-2-7-14-10/h1-7H,12-13H2. The molecule has 1 aromatic heterocycles. The summed E-state index contributed by atoms with van der Waals surface area (Å²) in [5, 5.41) is 0. The molecule has 4 heteroatoms. The maximum absolute atomic E-state index is 5.74. The topological polar surface area (TPSA) is 74.2 Å². The van der Waals surface area contributed by atoms with Crippen LogP contribution in [0.15, 0.2) is 42.6 Å². The zero-order valence-corrected chi connectivity index (χ0v) is 8.05. The number of benzene rings is 1. The van der Waals surface area contributed by atoms with Gasteiger partial charge in [-0.15, -0.1) is 0 Å².